The van der Waals surface area contributed by atoms with Gasteiger partial charge in [-0.25, -0.2) is 4.98 Å². The molecule has 1 aromatic rings. The molecule has 1 N–H and O–H groups in total. The van der Waals surface area contributed by atoms with Gasteiger partial charge in [-0.1, -0.05) is 0 Å². The lowest BCUT2D eigenvalue weighted by Crippen LogP contribution is -2.41. The van der Waals surface area contributed by atoms with Crippen LogP contribution >= 0.6 is 11.8 Å². The number of aliphatic hydroxyl groups excluding tert-OH is 1. The fourth-order valence-electron chi connectivity index (χ4n) is 1.80. The smallest absolute Gasteiger partial charge is 0.222 e. The molecule has 0 spiro atoms. The van der Waals surface area contributed by atoms with Crippen LogP contribution in [0, 0.1) is 6.20 Å². The van der Waals surface area contributed by atoms with E-state index in [0.29, 0.717) is 13.0 Å². The van der Waals surface area contributed by atoms with Gasteiger partial charge in [0.1, 0.15) is 11.6 Å². The van der Waals surface area contributed by atoms with Gasteiger partial charge >= 0.3 is 0 Å². The van der Waals surface area contributed by atoms with Crippen molar-refractivity contribution in [1.29, 1.82) is 0 Å². The lowest BCUT2D eigenvalue weighted by molar-refractivity contribution is -0.132. The predicted molar refractivity (Wildman–Crippen MR) is 65.3 cm³/mol. The summed E-state index contributed by atoms with van der Waals surface area (Å²) < 4.78 is 1.91. The van der Waals surface area contributed by atoms with Crippen LogP contribution in [0.4, 0.5) is 0 Å². The van der Waals surface area contributed by atoms with Gasteiger partial charge < -0.3 is 14.6 Å². The van der Waals surface area contributed by atoms with Gasteiger partial charge in [-0.05, 0) is 6.42 Å². The molecule has 6 heteroatoms. The van der Waals surface area contributed by atoms with E-state index in [9.17, 15) is 9.90 Å². The first-order valence-electron chi connectivity index (χ1n) is 5.71. The van der Waals surface area contributed by atoms with Crippen molar-refractivity contribution in [1.82, 2.24) is 14.5 Å². The zero-order valence-corrected chi connectivity index (χ0v) is 10.4. The molecule has 1 aromatic heterocycles. The van der Waals surface area contributed by atoms with Crippen LogP contribution in [0.15, 0.2) is 12.5 Å². The Bertz CT molecular complexity index is 356. The van der Waals surface area contributed by atoms with Crippen LogP contribution in [-0.4, -0.2) is 49.7 Å². The zero-order chi connectivity index (χ0) is 12.1. The van der Waals surface area contributed by atoms with E-state index in [0.717, 1.165) is 25.3 Å². The molecule has 2 rings (SSSR count). The Labute approximate surface area is 105 Å². The number of carbonyl (C=O) groups is 1. The Morgan fingerprint density at radius 2 is 2.53 bits per heavy atom. The quantitative estimate of drug-likeness (QED) is 0.842. The maximum Gasteiger partial charge on any atom is 0.222 e. The minimum Gasteiger partial charge on any atom is -0.381 e. The Balaban J connectivity index is 1.70. The number of hydrogen-bond acceptors (Lipinski definition) is 4. The fourth-order valence-corrected chi connectivity index (χ4v) is 2.68. The van der Waals surface area contributed by atoms with E-state index in [-0.39, 0.29) is 5.91 Å². The highest BCUT2D eigenvalue weighted by Crippen LogP contribution is 2.16. The number of thioether (sulfide) groups is 1. The third-order valence-corrected chi connectivity index (χ3v) is 3.66. The highest BCUT2D eigenvalue weighted by molar-refractivity contribution is 7.99. The first kappa shape index (κ1) is 12.4. The number of rotatable bonds is 4. The van der Waals surface area contributed by atoms with Crippen molar-refractivity contribution in [2.45, 2.75) is 24.8 Å². The van der Waals surface area contributed by atoms with Crippen LogP contribution in [-0.2, 0) is 11.3 Å². The van der Waals surface area contributed by atoms with E-state index in [1.165, 1.54) is 11.8 Å². The van der Waals surface area contributed by atoms with Crippen LogP contribution in [0.5, 0.6) is 0 Å². The SMILES string of the molecule is O=C(CCCn1c[c]nc1)N1CCSC(O)C1. The van der Waals surface area contributed by atoms with Gasteiger partial charge in [-0.15, -0.1) is 11.8 Å². The maximum absolute atomic E-state index is 11.8. The average Bonchev–Trinajstić information content (AvgIpc) is 2.82. The normalized spacial score (nSPS) is 20.5. The largest absolute Gasteiger partial charge is 0.381 e. The fraction of sp³-hybridized carbons (Fsp3) is 0.636. The van der Waals surface area contributed by atoms with Crippen molar-refractivity contribution in [3.63, 3.8) is 0 Å². The van der Waals surface area contributed by atoms with Crippen LogP contribution in [0.3, 0.4) is 0 Å². The second-order valence-electron chi connectivity index (χ2n) is 4.01. The first-order valence-corrected chi connectivity index (χ1v) is 6.76. The predicted octanol–water partition coefficient (Wildman–Crippen LogP) is 0.357. The summed E-state index contributed by atoms with van der Waals surface area (Å²) in [5.41, 5.74) is -0.420. The highest BCUT2D eigenvalue weighted by atomic mass is 32.2. The van der Waals surface area contributed by atoms with Gasteiger partial charge in [-0.3, -0.25) is 4.79 Å². The third kappa shape index (κ3) is 3.74. The number of aryl methyl sites for hydroxylation is 1. The minimum atomic E-state index is -0.420. The van der Waals surface area contributed by atoms with E-state index < -0.39 is 5.44 Å². The van der Waals surface area contributed by atoms with E-state index in [2.05, 4.69) is 11.2 Å². The molecule has 1 fully saturated rings. The Hall–Kier alpha value is -1.01. The molecule has 1 aliphatic heterocycles. The summed E-state index contributed by atoms with van der Waals surface area (Å²) >= 11 is 1.51. The number of nitrogens with zero attached hydrogens (tertiary/aromatic N) is 3. The van der Waals surface area contributed by atoms with Crippen molar-refractivity contribution in [2.75, 3.05) is 18.8 Å². The van der Waals surface area contributed by atoms with E-state index in [1.807, 2.05) is 4.57 Å². The summed E-state index contributed by atoms with van der Waals surface area (Å²) in [6, 6.07) is 0. The van der Waals surface area contributed by atoms with Crippen molar-refractivity contribution in [2.24, 2.45) is 0 Å². The van der Waals surface area contributed by atoms with Gasteiger partial charge in [0.25, 0.3) is 0 Å². The summed E-state index contributed by atoms with van der Waals surface area (Å²) in [7, 11) is 0. The number of amides is 1. The second kappa shape index (κ2) is 6.07. The van der Waals surface area contributed by atoms with E-state index >= 15 is 0 Å². The molecule has 17 heavy (non-hydrogen) atoms. The van der Waals surface area contributed by atoms with Gasteiger partial charge in [-0.2, -0.15) is 0 Å². The summed E-state index contributed by atoms with van der Waals surface area (Å²) in [4.78, 5) is 17.4. The van der Waals surface area contributed by atoms with Gasteiger partial charge in [0.15, 0.2) is 0 Å². The molecule has 2 heterocycles. The minimum absolute atomic E-state index is 0.133. The highest BCUT2D eigenvalue weighted by Gasteiger charge is 2.21. The number of β-amino-alcohol motifs (C(OH)–C–C–N with tert-alkyl or cyclic N) is 1. The van der Waals surface area contributed by atoms with Crippen LogP contribution < -0.4 is 0 Å². The molecule has 0 saturated carbocycles. The lowest BCUT2D eigenvalue weighted by Gasteiger charge is -2.29. The van der Waals surface area contributed by atoms with Crippen LogP contribution in [0.25, 0.3) is 0 Å². The summed E-state index contributed by atoms with van der Waals surface area (Å²) in [6.07, 6.45) is 7.51. The molecule has 1 aliphatic rings. The second-order valence-corrected chi connectivity index (χ2v) is 5.30. The lowest BCUT2D eigenvalue weighted by atomic mass is 10.2. The molecule has 0 aromatic carbocycles. The van der Waals surface area contributed by atoms with Gasteiger partial charge in [0.2, 0.25) is 5.91 Å². The van der Waals surface area contributed by atoms with Crippen molar-refractivity contribution >= 4 is 17.7 Å². The topological polar surface area (TPSA) is 58.4 Å². The molecule has 1 atom stereocenters. The Kier molecular flexibility index (Phi) is 4.44. The van der Waals surface area contributed by atoms with E-state index in [4.69, 9.17) is 0 Å². The maximum atomic E-state index is 11.8. The number of imidazole rings is 1. The standard InChI is InChI=1S/C11H16N3O2S/c15-10(14-6-7-17-11(16)8-14)2-1-4-13-5-3-12-9-13/h5,9,11,16H,1-2,4,6-8H2. The first-order chi connectivity index (χ1) is 8.25. The number of carbonyl (C=O) groups excluding carboxylic acids is 1. The molecule has 1 amide bonds. The Morgan fingerprint density at radius 1 is 1.65 bits per heavy atom. The number of hydrogen-bond donors (Lipinski definition) is 1. The molecule has 1 saturated heterocycles. The van der Waals surface area contributed by atoms with E-state index in [1.54, 1.807) is 17.4 Å². The van der Waals surface area contributed by atoms with Gasteiger partial charge in [0, 0.05) is 31.5 Å². The molecule has 1 radical (unpaired) electrons. The van der Waals surface area contributed by atoms with Gasteiger partial charge in [0.05, 0.1) is 12.9 Å². The molecular weight excluding hydrogens is 238 g/mol. The van der Waals surface area contributed by atoms with Crippen LogP contribution in [0.2, 0.25) is 0 Å². The monoisotopic (exact) mass is 254 g/mol. The molecule has 0 bridgehead atoms. The number of aliphatic hydroxyl groups is 1. The third-order valence-electron chi connectivity index (χ3n) is 2.71. The average molecular weight is 254 g/mol. The molecular formula is C11H16N3O2S. The van der Waals surface area contributed by atoms with Crippen LogP contribution in [0.1, 0.15) is 12.8 Å². The van der Waals surface area contributed by atoms with Crippen molar-refractivity contribution < 1.29 is 9.90 Å². The zero-order valence-electron chi connectivity index (χ0n) is 9.58. The molecule has 93 valence electrons. The molecule has 1 unspecified atom stereocenters. The van der Waals surface area contributed by atoms with Crippen molar-refractivity contribution in [3.8, 4) is 0 Å². The summed E-state index contributed by atoms with van der Waals surface area (Å²) in [5, 5.41) is 9.46. The summed E-state index contributed by atoms with van der Waals surface area (Å²) in [6.45, 7) is 2.00. The molecule has 5 nitrogen and oxygen atoms in total. The Morgan fingerprint density at radius 3 is 3.24 bits per heavy atom. The van der Waals surface area contributed by atoms with Crippen molar-refractivity contribution in [3.05, 3.63) is 18.7 Å². The number of aromatic nitrogens is 2. The molecule has 0 aliphatic carbocycles. The summed E-state index contributed by atoms with van der Waals surface area (Å²) in [5.74, 6) is 0.956.